The van der Waals surface area contributed by atoms with Crippen molar-refractivity contribution in [2.45, 2.75) is 128 Å². The van der Waals surface area contributed by atoms with Gasteiger partial charge in [0.05, 0.1) is 18.2 Å². The summed E-state index contributed by atoms with van der Waals surface area (Å²) in [7, 11) is 0. The van der Waals surface area contributed by atoms with Crippen LogP contribution in [0.15, 0.2) is 28.7 Å². The van der Waals surface area contributed by atoms with E-state index in [9.17, 15) is 23.6 Å². The van der Waals surface area contributed by atoms with E-state index in [1.54, 1.807) is 31.7 Å². The number of halogens is 1. The molecule has 4 fully saturated rings. The van der Waals surface area contributed by atoms with Gasteiger partial charge in [0, 0.05) is 23.5 Å². The SMILES string of the molecule is CC(C)(C)OC(=O)NC(CF)[C@H]1CC[C@H](C(=O)N2C(c3c(C(=O)OCC4CCCO4)oc4ccccc34)C[C@@H](C3CCCCC3)[C@H]2C(N)=O)CC1. The number of carbonyl (C=O) groups is 4. The summed E-state index contributed by atoms with van der Waals surface area (Å²) in [6, 6.07) is 5.13. The fraction of sp³-hybridized carbons (Fsp3) is 0.692. The normalized spacial score (nSPS) is 28.0. The summed E-state index contributed by atoms with van der Waals surface area (Å²) < 4.78 is 37.2. The molecule has 2 saturated carbocycles. The Bertz CT molecular complexity index is 1550. The molecule has 2 aliphatic carbocycles. The molecule has 5 atom stereocenters. The number of alkyl halides is 1. The fourth-order valence-electron chi connectivity index (χ4n) is 9.09. The Morgan fingerprint density at radius 3 is 2.37 bits per heavy atom. The molecule has 6 rings (SSSR count). The van der Waals surface area contributed by atoms with Gasteiger partial charge in [-0.25, -0.2) is 14.0 Å². The predicted octanol–water partition coefficient (Wildman–Crippen LogP) is 6.76. The van der Waals surface area contributed by atoms with Crippen molar-refractivity contribution in [3.63, 3.8) is 0 Å². The van der Waals surface area contributed by atoms with E-state index < -0.39 is 54.3 Å². The zero-order valence-electron chi connectivity index (χ0n) is 30.2. The highest BCUT2D eigenvalue weighted by atomic mass is 19.1. The Morgan fingerprint density at radius 2 is 1.73 bits per heavy atom. The van der Waals surface area contributed by atoms with E-state index in [4.69, 9.17) is 24.4 Å². The number of nitrogens with zero attached hydrogens (tertiary/aromatic N) is 1. The molecule has 2 aromatic rings. The van der Waals surface area contributed by atoms with E-state index in [1.807, 2.05) is 18.2 Å². The first kappa shape index (κ1) is 37.1. The van der Waals surface area contributed by atoms with E-state index in [1.165, 1.54) is 0 Å². The highest BCUT2D eigenvalue weighted by Gasteiger charge is 2.53. The van der Waals surface area contributed by atoms with Gasteiger partial charge in [0.2, 0.25) is 17.6 Å². The van der Waals surface area contributed by atoms with Crippen molar-refractivity contribution in [1.82, 2.24) is 10.2 Å². The largest absolute Gasteiger partial charge is 0.457 e. The third kappa shape index (κ3) is 8.36. The summed E-state index contributed by atoms with van der Waals surface area (Å²) in [5.41, 5.74) is 6.54. The number of nitrogens with two attached hydrogens (primary N) is 1. The lowest BCUT2D eigenvalue weighted by molar-refractivity contribution is -0.145. The van der Waals surface area contributed by atoms with Crippen LogP contribution in [0.4, 0.5) is 9.18 Å². The lowest BCUT2D eigenvalue weighted by Crippen LogP contribution is -2.51. The lowest BCUT2D eigenvalue weighted by Gasteiger charge is -2.38. The number of carbonyl (C=O) groups excluding carboxylic acids is 4. The number of hydrogen-bond acceptors (Lipinski definition) is 8. The number of rotatable bonds is 10. The first-order valence-electron chi connectivity index (χ1n) is 18.9. The van der Waals surface area contributed by atoms with Crippen LogP contribution < -0.4 is 11.1 Å². The van der Waals surface area contributed by atoms with Gasteiger partial charge >= 0.3 is 12.1 Å². The van der Waals surface area contributed by atoms with Crippen LogP contribution in [0.5, 0.6) is 0 Å². The molecule has 3 amide bonds. The van der Waals surface area contributed by atoms with Crippen LogP contribution in [-0.4, -0.2) is 72.5 Å². The number of fused-ring (bicyclic) bond motifs is 1. The molecule has 2 saturated heterocycles. The molecule has 2 aliphatic heterocycles. The van der Waals surface area contributed by atoms with Crippen LogP contribution in [0.2, 0.25) is 0 Å². The first-order chi connectivity index (χ1) is 24.4. The third-order valence-corrected chi connectivity index (χ3v) is 11.5. The van der Waals surface area contributed by atoms with Gasteiger partial charge in [0.15, 0.2) is 0 Å². The van der Waals surface area contributed by atoms with Gasteiger partial charge in [0.1, 0.15) is 30.5 Å². The summed E-state index contributed by atoms with van der Waals surface area (Å²) in [6.07, 6.45) is 8.44. The summed E-state index contributed by atoms with van der Waals surface area (Å²) in [5.74, 6) is -1.92. The van der Waals surface area contributed by atoms with Crippen LogP contribution in [0.3, 0.4) is 0 Å². The number of nitrogens with one attached hydrogen (secondary N) is 1. The molecule has 0 radical (unpaired) electrons. The van der Waals surface area contributed by atoms with Gasteiger partial charge in [-0.15, -0.1) is 0 Å². The van der Waals surface area contributed by atoms with Crippen LogP contribution in [0.1, 0.15) is 120 Å². The van der Waals surface area contributed by atoms with Crippen molar-refractivity contribution in [3.05, 3.63) is 35.6 Å². The second-order valence-electron chi connectivity index (χ2n) is 16.0. The summed E-state index contributed by atoms with van der Waals surface area (Å²) in [4.78, 5) is 56.2. The third-order valence-electron chi connectivity index (χ3n) is 11.5. The first-order valence-corrected chi connectivity index (χ1v) is 18.9. The van der Waals surface area contributed by atoms with Gasteiger partial charge < -0.3 is 34.6 Å². The molecule has 0 bridgehead atoms. The minimum Gasteiger partial charge on any atom is -0.457 e. The van der Waals surface area contributed by atoms with Gasteiger partial charge in [0.25, 0.3) is 0 Å². The molecule has 280 valence electrons. The van der Waals surface area contributed by atoms with Gasteiger partial charge in [-0.1, -0.05) is 50.3 Å². The zero-order valence-corrected chi connectivity index (χ0v) is 30.2. The number of esters is 1. The molecule has 3 N–H and O–H groups in total. The Labute approximate surface area is 299 Å². The average molecular weight is 712 g/mol. The van der Waals surface area contributed by atoms with Crippen LogP contribution in [-0.2, 0) is 23.8 Å². The van der Waals surface area contributed by atoms with Crippen molar-refractivity contribution in [2.24, 2.45) is 29.4 Å². The minimum atomic E-state index is -0.847. The molecular weight excluding hydrogens is 657 g/mol. The highest BCUT2D eigenvalue weighted by molar-refractivity contribution is 5.98. The van der Waals surface area contributed by atoms with E-state index in [2.05, 4.69) is 5.32 Å². The number of likely N-dealkylation sites (tertiary alicyclic amines) is 1. The second-order valence-corrected chi connectivity index (χ2v) is 16.0. The van der Waals surface area contributed by atoms with E-state index in [0.717, 1.165) is 44.9 Å². The standard InChI is InChI=1S/C39H54FN3O8/c1-39(2,3)51-38(47)42-29(21-40)24-15-17-25(18-16-24)36(45)43-30(20-28(33(43)35(41)44)23-10-5-4-6-11-23)32-27-13-7-8-14-31(27)50-34(32)37(46)49-22-26-12-9-19-48-26/h7-8,13-14,23-26,28-30,33H,4-6,9-12,15-22H2,1-3H3,(H2,41,44)(H,42,47)/t24-,25-,26?,28-,29?,30?,33-/m0/s1. The minimum absolute atomic E-state index is 0.0345. The fourth-order valence-corrected chi connectivity index (χ4v) is 9.09. The van der Waals surface area contributed by atoms with Gasteiger partial charge in [-0.3, -0.25) is 9.59 Å². The number of hydrogen-bond donors (Lipinski definition) is 2. The van der Waals surface area contributed by atoms with Crippen molar-refractivity contribution < 1.29 is 42.2 Å². The van der Waals surface area contributed by atoms with Crippen molar-refractivity contribution in [1.29, 1.82) is 0 Å². The molecular formula is C39H54FN3O8. The quantitative estimate of drug-likeness (QED) is 0.257. The molecule has 1 aromatic heterocycles. The molecule has 1 aromatic carbocycles. The van der Waals surface area contributed by atoms with Crippen molar-refractivity contribution in [2.75, 3.05) is 19.9 Å². The van der Waals surface area contributed by atoms with E-state index in [-0.39, 0.29) is 42.1 Å². The summed E-state index contributed by atoms with van der Waals surface area (Å²) in [6.45, 7) is 5.24. The monoisotopic (exact) mass is 711 g/mol. The maximum absolute atomic E-state index is 14.8. The molecule has 0 spiro atoms. The van der Waals surface area contributed by atoms with Gasteiger partial charge in [-0.05, 0) is 89.5 Å². The number of furan rings is 1. The molecule has 51 heavy (non-hydrogen) atoms. The predicted molar refractivity (Wildman–Crippen MR) is 187 cm³/mol. The summed E-state index contributed by atoms with van der Waals surface area (Å²) >= 11 is 0. The summed E-state index contributed by atoms with van der Waals surface area (Å²) in [5, 5.41) is 3.38. The number of benzene rings is 1. The Kier molecular flexibility index (Phi) is 11.6. The lowest BCUT2D eigenvalue weighted by atomic mass is 9.75. The Morgan fingerprint density at radius 1 is 1.00 bits per heavy atom. The zero-order chi connectivity index (χ0) is 36.3. The molecule has 4 aliphatic rings. The van der Waals surface area contributed by atoms with Crippen molar-refractivity contribution >= 4 is 34.8 Å². The number of ether oxygens (including phenoxy) is 3. The molecule has 3 unspecified atom stereocenters. The van der Waals surface area contributed by atoms with Crippen LogP contribution in [0.25, 0.3) is 11.0 Å². The van der Waals surface area contributed by atoms with Crippen LogP contribution >= 0.6 is 0 Å². The number of amides is 3. The van der Waals surface area contributed by atoms with E-state index in [0.29, 0.717) is 55.2 Å². The highest BCUT2D eigenvalue weighted by Crippen LogP contribution is 2.51. The average Bonchev–Trinajstić information content (AvgIpc) is 3.86. The Balaban J connectivity index is 1.29. The maximum Gasteiger partial charge on any atom is 0.407 e. The number of alkyl carbamates (subject to hydrolysis) is 1. The van der Waals surface area contributed by atoms with Crippen LogP contribution in [0, 0.1) is 23.7 Å². The van der Waals surface area contributed by atoms with E-state index >= 15 is 0 Å². The smallest absolute Gasteiger partial charge is 0.407 e. The molecule has 12 heteroatoms. The Hall–Kier alpha value is -3.67. The maximum atomic E-state index is 14.8. The second kappa shape index (κ2) is 15.9. The van der Waals surface area contributed by atoms with Gasteiger partial charge in [-0.2, -0.15) is 0 Å². The molecule has 11 nitrogen and oxygen atoms in total. The molecule has 3 heterocycles. The topological polar surface area (TPSA) is 150 Å². The number of para-hydroxylation sites is 1. The van der Waals surface area contributed by atoms with Crippen molar-refractivity contribution in [3.8, 4) is 0 Å². The number of primary amides is 1.